The van der Waals surface area contributed by atoms with Crippen molar-refractivity contribution < 1.29 is 9.53 Å². The molecule has 1 aliphatic rings. The number of hydrogen-bond acceptors (Lipinski definition) is 3. The van der Waals surface area contributed by atoms with Gasteiger partial charge in [-0.3, -0.25) is 0 Å². The lowest BCUT2D eigenvalue weighted by Crippen LogP contribution is -2.41. The third kappa shape index (κ3) is 4.85. The first-order valence-electron chi connectivity index (χ1n) is 7.33. The molecule has 1 fully saturated rings. The number of nitrogens with one attached hydrogen (secondary N) is 2. The van der Waals surface area contributed by atoms with E-state index in [1.807, 2.05) is 30.3 Å². The third-order valence-corrected chi connectivity index (χ3v) is 3.81. The Hall–Kier alpha value is -1.55. The molecule has 0 aromatic heterocycles. The van der Waals surface area contributed by atoms with E-state index in [2.05, 4.69) is 17.6 Å². The second kappa shape index (κ2) is 7.29. The summed E-state index contributed by atoms with van der Waals surface area (Å²) in [6.07, 6.45) is 3.23. The van der Waals surface area contributed by atoms with Gasteiger partial charge in [-0.2, -0.15) is 0 Å². The number of rotatable bonds is 4. The zero-order valence-electron chi connectivity index (χ0n) is 12.2. The average molecular weight is 276 g/mol. The standard InChI is InChI=1S/C16H24N2O2/c1-16(9-5-6-10-17-12-16)13-18-15(19)20-11-14-7-3-2-4-8-14/h2-4,7-8,17H,5-6,9-13H2,1H3,(H,18,19). The Kier molecular flexibility index (Phi) is 5.41. The Morgan fingerprint density at radius 3 is 2.95 bits per heavy atom. The molecule has 0 bridgehead atoms. The SMILES string of the molecule is CC1(CNC(=O)OCc2ccccc2)CCCCNC1. The number of amides is 1. The first-order chi connectivity index (χ1) is 9.68. The van der Waals surface area contributed by atoms with E-state index in [9.17, 15) is 4.79 Å². The van der Waals surface area contributed by atoms with E-state index < -0.39 is 0 Å². The van der Waals surface area contributed by atoms with Crippen LogP contribution in [0, 0.1) is 5.41 Å². The maximum absolute atomic E-state index is 11.7. The van der Waals surface area contributed by atoms with Gasteiger partial charge in [0, 0.05) is 13.1 Å². The number of hydrogen-bond donors (Lipinski definition) is 2. The van der Waals surface area contributed by atoms with Crippen LogP contribution < -0.4 is 10.6 Å². The second-order valence-corrected chi connectivity index (χ2v) is 5.86. The molecule has 1 aromatic rings. The molecule has 0 spiro atoms. The van der Waals surface area contributed by atoms with E-state index >= 15 is 0 Å². The number of carbonyl (C=O) groups excluding carboxylic acids is 1. The lowest BCUT2D eigenvalue weighted by Gasteiger charge is -2.28. The summed E-state index contributed by atoms with van der Waals surface area (Å²) in [4.78, 5) is 11.7. The topological polar surface area (TPSA) is 50.4 Å². The molecule has 0 radical (unpaired) electrons. The van der Waals surface area contributed by atoms with Gasteiger partial charge in [-0.05, 0) is 30.4 Å². The molecule has 4 heteroatoms. The van der Waals surface area contributed by atoms with E-state index in [4.69, 9.17) is 4.74 Å². The van der Waals surface area contributed by atoms with Crippen LogP contribution in [0.4, 0.5) is 4.79 Å². The van der Waals surface area contributed by atoms with Crippen molar-refractivity contribution >= 4 is 6.09 Å². The van der Waals surface area contributed by atoms with Gasteiger partial charge in [0.1, 0.15) is 6.61 Å². The van der Waals surface area contributed by atoms with Crippen molar-refractivity contribution in [3.63, 3.8) is 0 Å². The number of benzene rings is 1. The van der Waals surface area contributed by atoms with E-state index in [1.165, 1.54) is 12.8 Å². The molecule has 1 heterocycles. The zero-order chi connectivity index (χ0) is 14.3. The maximum atomic E-state index is 11.7. The number of alkyl carbamates (subject to hydrolysis) is 1. The van der Waals surface area contributed by atoms with Crippen LogP contribution >= 0.6 is 0 Å². The van der Waals surface area contributed by atoms with Crippen molar-refractivity contribution in [3.05, 3.63) is 35.9 Å². The highest BCUT2D eigenvalue weighted by molar-refractivity contribution is 5.67. The van der Waals surface area contributed by atoms with Crippen LogP contribution in [0.1, 0.15) is 31.7 Å². The predicted molar refractivity (Wildman–Crippen MR) is 79.5 cm³/mol. The minimum atomic E-state index is -0.334. The Morgan fingerprint density at radius 2 is 2.15 bits per heavy atom. The third-order valence-electron chi connectivity index (χ3n) is 3.81. The lowest BCUT2D eigenvalue weighted by atomic mass is 9.86. The van der Waals surface area contributed by atoms with Crippen molar-refractivity contribution in [2.75, 3.05) is 19.6 Å². The fraction of sp³-hybridized carbons (Fsp3) is 0.562. The van der Waals surface area contributed by atoms with Crippen LogP contribution in [-0.2, 0) is 11.3 Å². The van der Waals surface area contributed by atoms with Crippen molar-refractivity contribution in [1.29, 1.82) is 0 Å². The first kappa shape index (κ1) is 14.9. The highest BCUT2D eigenvalue weighted by Crippen LogP contribution is 2.24. The number of carbonyl (C=O) groups is 1. The number of ether oxygens (including phenoxy) is 1. The van der Waals surface area contributed by atoms with Crippen LogP contribution in [0.3, 0.4) is 0 Å². The van der Waals surface area contributed by atoms with Crippen LogP contribution in [0.25, 0.3) is 0 Å². The Balaban J connectivity index is 1.71. The van der Waals surface area contributed by atoms with Crippen LogP contribution in [-0.4, -0.2) is 25.7 Å². The van der Waals surface area contributed by atoms with E-state index in [-0.39, 0.29) is 11.5 Å². The second-order valence-electron chi connectivity index (χ2n) is 5.86. The molecule has 1 saturated heterocycles. The van der Waals surface area contributed by atoms with Crippen molar-refractivity contribution in [2.45, 2.75) is 32.8 Å². The van der Waals surface area contributed by atoms with Gasteiger partial charge in [0.15, 0.2) is 0 Å². The van der Waals surface area contributed by atoms with Crippen LogP contribution in [0.2, 0.25) is 0 Å². The zero-order valence-corrected chi connectivity index (χ0v) is 12.2. The molecule has 1 unspecified atom stereocenters. The largest absolute Gasteiger partial charge is 0.445 e. The van der Waals surface area contributed by atoms with Gasteiger partial charge >= 0.3 is 6.09 Å². The van der Waals surface area contributed by atoms with E-state index in [0.29, 0.717) is 13.2 Å². The maximum Gasteiger partial charge on any atom is 0.407 e. The molecule has 1 atom stereocenters. The molecule has 2 rings (SSSR count). The van der Waals surface area contributed by atoms with Gasteiger partial charge < -0.3 is 15.4 Å². The summed E-state index contributed by atoms with van der Waals surface area (Å²) in [5.41, 5.74) is 1.13. The first-order valence-corrected chi connectivity index (χ1v) is 7.33. The molecule has 0 saturated carbocycles. The molecular weight excluding hydrogens is 252 g/mol. The molecule has 4 nitrogen and oxygen atoms in total. The molecule has 110 valence electrons. The quantitative estimate of drug-likeness (QED) is 0.889. The highest BCUT2D eigenvalue weighted by Gasteiger charge is 2.26. The summed E-state index contributed by atoms with van der Waals surface area (Å²) in [7, 11) is 0. The molecule has 2 N–H and O–H groups in total. The summed E-state index contributed by atoms with van der Waals surface area (Å²) in [5.74, 6) is 0. The Bertz CT molecular complexity index is 412. The Morgan fingerprint density at radius 1 is 1.35 bits per heavy atom. The van der Waals surface area contributed by atoms with Gasteiger partial charge in [-0.1, -0.05) is 43.7 Å². The molecule has 20 heavy (non-hydrogen) atoms. The monoisotopic (exact) mass is 276 g/mol. The predicted octanol–water partition coefficient (Wildman–Crippen LogP) is 2.69. The van der Waals surface area contributed by atoms with Crippen molar-refractivity contribution in [2.24, 2.45) is 5.41 Å². The van der Waals surface area contributed by atoms with Gasteiger partial charge in [0.25, 0.3) is 0 Å². The van der Waals surface area contributed by atoms with E-state index in [1.54, 1.807) is 0 Å². The minimum absolute atomic E-state index is 0.127. The van der Waals surface area contributed by atoms with Crippen LogP contribution in [0.15, 0.2) is 30.3 Å². The molecule has 0 aliphatic carbocycles. The molecular formula is C16H24N2O2. The van der Waals surface area contributed by atoms with Gasteiger partial charge in [-0.15, -0.1) is 0 Å². The summed E-state index contributed by atoms with van der Waals surface area (Å²) >= 11 is 0. The van der Waals surface area contributed by atoms with Gasteiger partial charge in [0.2, 0.25) is 0 Å². The fourth-order valence-electron chi connectivity index (χ4n) is 2.49. The van der Waals surface area contributed by atoms with Gasteiger partial charge in [0.05, 0.1) is 0 Å². The fourth-order valence-corrected chi connectivity index (χ4v) is 2.49. The summed E-state index contributed by atoms with van der Waals surface area (Å²) < 4.78 is 5.22. The molecule has 1 aliphatic heterocycles. The average Bonchev–Trinajstić information content (AvgIpc) is 2.69. The molecule has 1 aromatic carbocycles. The summed E-state index contributed by atoms with van der Waals surface area (Å²) in [6.45, 7) is 5.22. The van der Waals surface area contributed by atoms with Gasteiger partial charge in [-0.25, -0.2) is 4.79 Å². The normalized spacial score (nSPS) is 22.9. The lowest BCUT2D eigenvalue weighted by molar-refractivity contribution is 0.133. The summed E-state index contributed by atoms with van der Waals surface area (Å²) in [6, 6.07) is 9.72. The Labute approximate surface area is 120 Å². The van der Waals surface area contributed by atoms with E-state index in [0.717, 1.165) is 25.1 Å². The summed E-state index contributed by atoms with van der Waals surface area (Å²) in [5, 5.41) is 6.32. The van der Waals surface area contributed by atoms with Crippen LogP contribution in [0.5, 0.6) is 0 Å². The minimum Gasteiger partial charge on any atom is -0.445 e. The smallest absolute Gasteiger partial charge is 0.407 e. The van der Waals surface area contributed by atoms with Crippen molar-refractivity contribution in [3.8, 4) is 0 Å². The highest BCUT2D eigenvalue weighted by atomic mass is 16.5. The van der Waals surface area contributed by atoms with Crippen molar-refractivity contribution in [1.82, 2.24) is 10.6 Å². The molecule has 1 amide bonds.